The number of hydrogen-bond donors (Lipinski definition) is 2. The molecule has 0 fully saturated rings. The Bertz CT molecular complexity index is 464. The fourth-order valence-electron chi connectivity index (χ4n) is 2.88. The molecule has 0 rings (SSSR count). The highest BCUT2D eigenvalue weighted by Crippen LogP contribution is 2.07. The molecule has 0 saturated carbocycles. The maximum Gasteiger partial charge on any atom is 0.325 e. The molecular weight excluding hydrogens is 368 g/mol. The zero-order chi connectivity index (χ0) is 21.6. The van der Waals surface area contributed by atoms with Gasteiger partial charge in [-0.05, 0) is 44.9 Å². The van der Waals surface area contributed by atoms with Crippen molar-refractivity contribution in [3.8, 4) is 0 Å². The van der Waals surface area contributed by atoms with Crippen LogP contribution in [0.2, 0.25) is 0 Å². The average Bonchev–Trinajstić information content (AvgIpc) is 2.72. The van der Waals surface area contributed by atoms with Crippen molar-refractivity contribution < 1.29 is 19.1 Å². The molecular formula is C23H42N2O4. The molecule has 0 bridgehead atoms. The minimum absolute atomic E-state index is 0.0501. The van der Waals surface area contributed by atoms with Crippen LogP contribution in [0.4, 0.5) is 0 Å². The Labute approximate surface area is 177 Å². The first-order valence-corrected chi connectivity index (χ1v) is 11.3. The number of amides is 2. The summed E-state index contributed by atoms with van der Waals surface area (Å²) >= 11 is 0. The van der Waals surface area contributed by atoms with E-state index in [2.05, 4.69) is 34.4 Å². The van der Waals surface area contributed by atoms with Crippen molar-refractivity contribution in [2.75, 3.05) is 20.2 Å². The third-order valence-corrected chi connectivity index (χ3v) is 4.73. The second-order valence-electron chi connectivity index (χ2n) is 7.43. The first kappa shape index (κ1) is 27.1. The molecule has 0 radical (unpaired) electrons. The van der Waals surface area contributed by atoms with Gasteiger partial charge in [0.25, 0.3) is 0 Å². The Balaban J connectivity index is 3.33. The van der Waals surface area contributed by atoms with Gasteiger partial charge in [-0.2, -0.15) is 0 Å². The third-order valence-electron chi connectivity index (χ3n) is 4.73. The second-order valence-corrected chi connectivity index (χ2v) is 7.43. The normalized spacial score (nSPS) is 10.8. The number of ether oxygens (including phenoxy) is 1. The van der Waals surface area contributed by atoms with Crippen LogP contribution in [0.15, 0.2) is 12.2 Å². The molecule has 0 aliphatic carbocycles. The lowest BCUT2D eigenvalue weighted by Crippen LogP contribution is -2.29. The Morgan fingerprint density at radius 3 is 1.90 bits per heavy atom. The van der Waals surface area contributed by atoms with Gasteiger partial charge in [-0.25, -0.2) is 0 Å². The number of methoxy groups -OCH3 is 1. The molecule has 6 nitrogen and oxygen atoms in total. The van der Waals surface area contributed by atoms with E-state index in [0.717, 1.165) is 70.8 Å². The van der Waals surface area contributed by atoms with Crippen LogP contribution in [0.3, 0.4) is 0 Å². The number of nitrogens with one attached hydrogen (secondary N) is 2. The highest BCUT2D eigenvalue weighted by atomic mass is 16.5. The number of carbonyl (C=O) groups is 3. The highest BCUT2D eigenvalue weighted by molar-refractivity contribution is 5.81. The van der Waals surface area contributed by atoms with Gasteiger partial charge in [0.05, 0.1) is 7.11 Å². The fourth-order valence-corrected chi connectivity index (χ4v) is 2.88. The molecule has 0 atom stereocenters. The SMILES string of the molecule is CCCCCCC(=O)NCCCC/C=C\CCCCCCC(=O)NCC(=O)OC. The van der Waals surface area contributed by atoms with Gasteiger partial charge in [0.1, 0.15) is 6.54 Å². The predicted octanol–water partition coefficient (Wildman–Crippen LogP) is 4.43. The van der Waals surface area contributed by atoms with E-state index in [1.54, 1.807) is 0 Å². The number of esters is 1. The molecule has 0 aromatic carbocycles. The molecule has 0 unspecified atom stereocenters. The zero-order valence-corrected chi connectivity index (χ0v) is 18.6. The minimum Gasteiger partial charge on any atom is -0.468 e. The van der Waals surface area contributed by atoms with Gasteiger partial charge in [0.15, 0.2) is 0 Å². The summed E-state index contributed by atoms with van der Waals surface area (Å²) in [6, 6.07) is 0. The van der Waals surface area contributed by atoms with Crippen LogP contribution in [0, 0.1) is 0 Å². The van der Waals surface area contributed by atoms with E-state index in [1.807, 2.05) is 0 Å². The van der Waals surface area contributed by atoms with E-state index in [9.17, 15) is 14.4 Å². The quantitative estimate of drug-likeness (QED) is 0.187. The molecule has 6 heteroatoms. The van der Waals surface area contributed by atoms with Gasteiger partial charge in [0.2, 0.25) is 11.8 Å². The summed E-state index contributed by atoms with van der Waals surface area (Å²) in [6.45, 7) is 2.91. The van der Waals surface area contributed by atoms with Crippen LogP contribution in [0.5, 0.6) is 0 Å². The van der Waals surface area contributed by atoms with Crippen LogP contribution in [0.25, 0.3) is 0 Å². The molecule has 29 heavy (non-hydrogen) atoms. The number of unbranched alkanes of at least 4 members (excludes halogenated alkanes) is 9. The minimum atomic E-state index is -0.423. The monoisotopic (exact) mass is 410 g/mol. The molecule has 2 N–H and O–H groups in total. The number of allylic oxidation sites excluding steroid dienone is 2. The van der Waals surface area contributed by atoms with E-state index in [4.69, 9.17) is 0 Å². The summed E-state index contributed by atoms with van der Waals surface area (Å²) in [5.41, 5.74) is 0. The maximum absolute atomic E-state index is 11.6. The van der Waals surface area contributed by atoms with E-state index in [1.165, 1.54) is 20.0 Å². The van der Waals surface area contributed by atoms with Crippen LogP contribution in [-0.4, -0.2) is 38.0 Å². The Morgan fingerprint density at radius 1 is 0.724 bits per heavy atom. The first-order chi connectivity index (χ1) is 14.1. The van der Waals surface area contributed by atoms with Crippen molar-refractivity contribution in [2.45, 2.75) is 96.8 Å². The lowest BCUT2D eigenvalue weighted by atomic mass is 10.1. The van der Waals surface area contributed by atoms with Crippen molar-refractivity contribution in [3.63, 3.8) is 0 Å². The van der Waals surface area contributed by atoms with Crippen molar-refractivity contribution in [3.05, 3.63) is 12.2 Å². The second kappa shape index (κ2) is 20.9. The van der Waals surface area contributed by atoms with Crippen molar-refractivity contribution in [2.24, 2.45) is 0 Å². The van der Waals surface area contributed by atoms with Crippen LogP contribution < -0.4 is 10.6 Å². The van der Waals surface area contributed by atoms with Crippen LogP contribution in [0.1, 0.15) is 96.8 Å². The summed E-state index contributed by atoms with van der Waals surface area (Å²) in [5.74, 6) is -0.326. The van der Waals surface area contributed by atoms with E-state index in [0.29, 0.717) is 12.8 Å². The van der Waals surface area contributed by atoms with Gasteiger partial charge in [0, 0.05) is 19.4 Å². The molecule has 0 heterocycles. The Hall–Kier alpha value is -1.85. The lowest BCUT2D eigenvalue weighted by molar-refractivity contribution is -0.141. The third kappa shape index (κ3) is 20.7. The largest absolute Gasteiger partial charge is 0.468 e. The summed E-state index contributed by atoms with van der Waals surface area (Å²) in [7, 11) is 1.31. The van der Waals surface area contributed by atoms with Crippen LogP contribution in [-0.2, 0) is 19.1 Å². The Kier molecular flexibility index (Phi) is 19.5. The van der Waals surface area contributed by atoms with Gasteiger partial charge in [-0.1, -0.05) is 51.2 Å². The van der Waals surface area contributed by atoms with Gasteiger partial charge in [-0.3, -0.25) is 14.4 Å². The topological polar surface area (TPSA) is 84.5 Å². The van der Waals surface area contributed by atoms with Crippen LogP contribution >= 0.6 is 0 Å². The molecule has 168 valence electrons. The van der Waals surface area contributed by atoms with Gasteiger partial charge >= 0.3 is 5.97 Å². The standard InChI is InChI=1S/C23H42N2O4/c1-3-4-5-14-17-21(26)24-19-16-13-11-9-7-6-8-10-12-15-18-22(27)25-20-23(28)29-2/h7,9H,3-6,8,10-20H2,1-2H3,(H,24,26)(H,25,27)/b9-7-. The van der Waals surface area contributed by atoms with Crippen molar-refractivity contribution in [1.82, 2.24) is 10.6 Å². The fraction of sp³-hybridized carbons (Fsp3) is 0.783. The van der Waals surface area contributed by atoms with E-state index >= 15 is 0 Å². The molecule has 0 aromatic rings. The number of hydrogen-bond acceptors (Lipinski definition) is 4. The predicted molar refractivity (Wildman–Crippen MR) is 117 cm³/mol. The molecule has 0 saturated heterocycles. The Morgan fingerprint density at radius 2 is 1.28 bits per heavy atom. The number of carbonyl (C=O) groups excluding carboxylic acids is 3. The van der Waals surface area contributed by atoms with Gasteiger partial charge in [-0.15, -0.1) is 0 Å². The van der Waals surface area contributed by atoms with E-state index in [-0.39, 0.29) is 18.4 Å². The molecule has 0 aromatic heterocycles. The average molecular weight is 411 g/mol. The lowest BCUT2D eigenvalue weighted by Gasteiger charge is -2.04. The van der Waals surface area contributed by atoms with Crippen molar-refractivity contribution >= 4 is 17.8 Å². The highest BCUT2D eigenvalue weighted by Gasteiger charge is 2.04. The summed E-state index contributed by atoms with van der Waals surface area (Å²) in [5, 5.41) is 5.54. The maximum atomic E-state index is 11.6. The zero-order valence-electron chi connectivity index (χ0n) is 18.6. The molecule has 2 amide bonds. The summed E-state index contributed by atoms with van der Waals surface area (Å²) in [6.07, 6.45) is 18.6. The summed E-state index contributed by atoms with van der Waals surface area (Å²) < 4.78 is 4.47. The molecule has 0 aliphatic heterocycles. The smallest absolute Gasteiger partial charge is 0.325 e. The summed E-state index contributed by atoms with van der Waals surface area (Å²) in [4.78, 5) is 34.0. The molecule has 0 aliphatic rings. The van der Waals surface area contributed by atoms with Gasteiger partial charge < -0.3 is 15.4 Å². The first-order valence-electron chi connectivity index (χ1n) is 11.3. The number of rotatable bonds is 19. The van der Waals surface area contributed by atoms with E-state index < -0.39 is 5.97 Å². The molecule has 0 spiro atoms. The van der Waals surface area contributed by atoms with Crippen molar-refractivity contribution in [1.29, 1.82) is 0 Å².